The minimum Gasteiger partial charge on any atom is -0.477 e. The molecule has 1 aliphatic rings. The van der Waals surface area contributed by atoms with Crippen LogP contribution in [0.25, 0.3) is 0 Å². The van der Waals surface area contributed by atoms with Crippen LogP contribution in [-0.4, -0.2) is 22.2 Å². The van der Waals surface area contributed by atoms with Gasteiger partial charge in [-0.25, -0.2) is 9.78 Å². The first-order valence-corrected chi connectivity index (χ1v) is 6.99. The standard InChI is InChI=1S/C15H21NO3/c1-2-11-4-3-5-13(8-11)19-10-12-6-7-16-14(9-12)15(17)18/h6-7,9,11,13H,2-5,8,10H2,1H3,(H,17,18). The van der Waals surface area contributed by atoms with Gasteiger partial charge < -0.3 is 9.84 Å². The summed E-state index contributed by atoms with van der Waals surface area (Å²) in [6.07, 6.45) is 7.87. The Morgan fingerprint density at radius 2 is 2.37 bits per heavy atom. The summed E-state index contributed by atoms with van der Waals surface area (Å²) in [4.78, 5) is 14.6. The molecule has 0 aromatic carbocycles. The van der Waals surface area contributed by atoms with Crippen LogP contribution in [0.5, 0.6) is 0 Å². The van der Waals surface area contributed by atoms with E-state index < -0.39 is 5.97 Å². The van der Waals surface area contributed by atoms with Crippen LogP contribution >= 0.6 is 0 Å². The van der Waals surface area contributed by atoms with E-state index in [4.69, 9.17) is 9.84 Å². The third-order valence-electron chi connectivity index (χ3n) is 3.84. The molecule has 0 spiro atoms. The predicted molar refractivity (Wildman–Crippen MR) is 72.0 cm³/mol. The maximum absolute atomic E-state index is 10.8. The molecule has 2 rings (SSSR count). The number of hydrogen-bond donors (Lipinski definition) is 1. The lowest BCUT2D eigenvalue weighted by molar-refractivity contribution is 0.00172. The molecule has 1 aromatic heterocycles. The Kier molecular flexibility index (Phi) is 4.91. The Morgan fingerprint density at radius 1 is 1.53 bits per heavy atom. The highest BCUT2D eigenvalue weighted by Gasteiger charge is 2.21. The maximum atomic E-state index is 10.8. The first-order chi connectivity index (χ1) is 9.19. The van der Waals surface area contributed by atoms with Crippen molar-refractivity contribution in [3.8, 4) is 0 Å². The van der Waals surface area contributed by atoms with Crippen molar-refractivity contribution in [2.75, 3.05) is 0 Å². The van der Waals surface area contributed by atoms with E-state index >= 15 is 0 Å². The Bertz CT molecular complexity index is 433. The minimum absolute atomic E-state index is 0.0798. The van der Waals surface area contributed by atoms with Crippen molar-refractivity contribution in [2.24, 2.45) is 5.92 Å². The van der Waals surface area contributed by atoms with Crippen LogP contribution < -0.4 is 0 Å². The molecular weight excluding hydrogens is 242 g/mol. The molecule has 0 bridgehead atoms. The van der Waals surface area contributed by atoms with Gasteiger partial charge in [0.2, 0.25) is 0 Å². The van der Waals surface area contributed by atoms with E-state index in [2.05, 4.69) is 11.9 Å². The number of carboxylic acid groups (broad SMARTS) is 1. The van der Waals surface area contributed by atoms with E-state index in [-0.39, 0.29) is 5.69 Å². The predicted octanol–water partition coefficient (Wildman–Crippen LogP) is 3.27. The first kappa shape index (κ1) is 14.0. The Morgan fingerprint density at radius 3 is 3.11 bits per heavy atom. The molecule has 2 atom stereocenters. The normalized spacial score (nSPS) is 23.2. The molecule has 2 unspecified atom stereocenters. The van der Waals surface area contributed by atoms with E-state index in [0.717, 1.165) is 24.3 Å². The van der Waals surface area contributed by atoms with Crippen molar-refractivity contribution in [1.82, 2.24) is 4.98 Å². The van der Waals surface area contributed by atoms with Gasteiger partial charge in [-0.2, -0.15) is 0 Å². The highest BCUT2D eigenvalue weighted by molar-refractivity contribution is 5.85. The van der Waals surface area contributed by atoms with Gasteiger partial charge in [0.15, 0.2) is 0 Å². The summed E-state index contributed by atoms with van der Waals surface area (Å²) in [5.41, 5.74) is 0.960. The number of hydrogen-bond acceptors (Lipinski definition) is 3. The zero-order chi connectivity index (χ0) is 13.7. The monoisotopic (exact) mass is 263 g/mol. The van der Waals surface area contributed by atoms with Gasteiger partial charge in [-0.15, -0.1) is 0 Å². The number of rotatable bonds is 5. The molecule has 1 aliphatic carbocycles. The number of pyridine rings is 1. The molecule has 0 radical (unpaired) electrons. The second-order valence-electron chi connectivity index (χ2n) is 5.23. The first-order valence-electron chi connectivity index (χ1n) is 6.99. The summed E-state index contributed by atoms with van der Waals surface area (Å²) in [7, 11) is 0. The summed E-state index contributed by atoms with van der Waals surface area (Å²) >= 11 is 0. The number of carbonyl (C=O) groups is 1. The summed E-state index contributed by atoms with van der Waals surface area (Å²) in [5.74, 6) is -0.212. The fourth-order valence-electron chi connectivity index (χ4n) is 2.66. The lowest BCUT2D eigenvalue weighted by atomic mass is 9.85. The second-order valence-corrected chi connectivity index (χ2v) is 5.23. The quantitative estimate of drug-likeness (QED) is 0.885. The van der Waals surface area contributed by atoms with E-state index in [1.54, 1.807) is 6.07 Å². The van der Waals surface area contributed by atoms with Crippen molar-refractivity contribution in [3.05, 3.63) is 29.6 Å². The summed E-state index contributed by atoms with van der Waals surface area (Å²) < 4.78 is 5.92. The fourth-order valence-corrected chi connectivity index (χ4v) is 2.66. The molecule has 1 fully saturated rings. The van der Waals surface area contributed by atoms with E-state index in [1.807, 2.05) is 6.07 Å². The maximum Gasteiger partial charge on any atom is 0.354 e. The van der Waals surface area contributed by atoms with Crippen LogP contribution in [-0.2, 0) is 11.3 Å². The fraction of sp³-hybridized carbons (Fsp3) is 0.600. The van der Waals surface area contributed by atoms with Gasteiger partial charge in [0, 0.05) is 6.20 Å². The third-order valence-corrected chi connectivity index (χ3v) is 3.84. The summed E-state index contributed by atoms with van der Waals surface area (Å²) in [5, 5.41) is 8.89. The molecule has 1 heterocycles. The Labute approximate surface area is 113 Å². The smallest absolute Gasteiger partial charge is 0.354 e. The molecular formula is C15H21NO3. The van der Waals surface area contributed by atoms with Gasteiger partial charge in [0.25, 0.3) is 0 Å². The zero-order valence-corrected chi connectivity index (χ0v) is 11.3. The molecule has 1 aromatic rings. The lowest BCUT2D eigenvalue weighted by Gasteiger charge is -2.28. The van der Waals surface area contributed by atoms with Crippen LogP contribution in [0.15, 0.2) is 18.3 Å². The molecule has 1 saturated carbocycles. The van der Waals surface area contributed by atoms with Crippen molar-refractivity contribution in [2.45, 2.75) is 51.7 Å². The van der Waals surface area contributed by atoms with E-state index in [9.17, 15) is 4.79 Å². The van der Waals surface area contributed by atoms with Crippen molar-refractivity contribution in [1.29, 1.82) is 0 Å². The second kappa shape index (κ2) is 6.66. The van der Waals surface area contributed by atoms with Gasteiger partial charge in [0.05, 0.1) is 12.7 Å². The molecule has 1 N–H and O–H groups in total. The van der Waals surface area contributed by atoms with Crippen LogP contribution in [0.3, 0.4) is 0 Å². The van der Waals surface area contributed by atoms with Gasteiger partial charge in [-0.3, -0.25) is 0 Å². The van der Waals surface area contributed by atoms with Gasteiger partial charge >= 0.3 is 5.97 Å². The largest absolute Gasteiger partial charge is 0.477 e. The van der Waals surface area contributed by atoms with E-state index in [1.165, 1.54) is 25.5 Å². The summed E-state index contributed by atoms with van der Waals surface area (Å²) in [6.45, 7) is 2.71. The summed E-state index contributed by atoms with van der Waals surface area (Å²) in [6, 6.07) is 3.40. The van der Waals surface area contributed by atoms with Crippen molar-refractivity contribution < 1.29 is 14.6 Å². The Hall–Kier alpha value is -1.42. The zero-order valence-electron chi connectivity index (χ0n) is 11.3. The number of nitrogens with zero attached hydrogens (tertiary/aromatic N) is 1. The third kappa shape index (κ3) is 4.03. The average molecular weight is 263 g/mol. The molecule has 0 saturated heterocycles. The molecule has 4 nitrogen and oxygen atoms in total. The highest BCUT2D eigenvalue weighted by atomic mass is 16.5. The number of aromatic nitrogens is 1. The molecule has 0 aliphatic heterocycles. The van der Waals surface area contributed by atoms with Crippen LogP contribution in [0.1, 0.15) is 55.1 Å². The highest BCUT2D eigenvalue weighted by Crippen LogP contribution is 2.28. The van der Waals surface area contributed by atoms with Crippen molar-refractivity contribution >= 4 is 5.97 Å². The Balaban J connectivity index is 1.88. The average Bonchev–Trinajstić information content (AvgIpc) is 2.45. The number of aromatic carboxylic acids is 1. The van der Waals surface area contributed by atoms with Crippen LogP contribution in [0.4, 0.5) is 0 Å². The van der Waals surface area contributed by atoms with Gasteiger partial charge in [0.1, 0.15) is 5.69 Å². The molecule has 4 heteroatoms. The topological polar surface area (TPSA) is 59.4 Å². The molecule has 19 heavy (non-hydrogen) atoms. The van der Waals surface area contributed by atoms with Crippen LogP contribution in [0.2, 0.25) is 0 Å². The molecule has 104 valence electrons. The van der Waals surface area contributed by atoms with Gasteiger partial charge in [-0.05, 0) is 36.5 Å². The minimum atomic E-state index is -0.995. The number of ether oxygens (including phenoxy) is 1. The SMILES string of the molecule is CCC1CCCC(OCc2ccnc(C(=O)O)c2)C1. The molecule has 0 amide bonds. The van der Waals surface area contributed by atoms with Gasteiger partial charge in [-0.1, -0.05) is 26.2 Å². The lowest BCUT2D eigenvalue weighted by Crippen LogP contribution is -2.22. The number of carboxylic acids is 1. The van der Waals surface area contributed by atoms with Crippen molar-refractivity contribution in [3.63, 3.8) is 0 Å². The van der Waals surface area contributed by atoms with E-state index in [0.29, 0.717) is 12.7 Å². The van der Waals surface area contributed by atoms with Crippen LogP contribution in [0, 0.1) is 5.92 Å².